The van der Waals surface area contributed by atoms with Crippen molar-refractivity contribution < 1.29 is 28.7 Å². The van der Waals surface area contributed by atoms with Crippen LogP contribution in [0.25, 0.3) is 0 Å². The number of ether oxygens (including phenoxy) is 2. The van der Waals surface area contributed by atoms with Crippen LogP contribution >= 0.6 is 0 Å². The summed E-state index contributed by atoms with van der Waals surface area (Å²) in [4.78, 5) is 22.8. The maximum absolute atomic E-state index is 12.2. The Morgan fingerprint density at radius 2 is 2.08 bits per heavy atom. The maximum atomic E-state index is 12.2. The molecule has 2 aromatic rings. The van der Waals surface area contributed by atoms with Crippen LogP contribution in [-0.2, 0) is 11.3 Å². The van der Waals surface area contributed by atoms with E-state index in [9.17, 15) is 9.59 Å². The molecule has 2 rings (SSSR count). The van der Waals surface area contributed by atoms with Crippen LogP contribution in [0.5, 0.6) is 11.5 Å². The van der Waals surface area contributed by atoms with E-state index in [1.54, 1.807) is 6.92 Å². The Hall–Kier alpha value is -3.03. The molecule has 8 heteroatoms. The Kier molecular flexibility index (Phi) is 5.78. The van der Waals surface area contributed by atoms with Gasteiger partial charge in [0.2, 0.25) is 0 Å². The summed E-state index contributed by atoms with van der Waals surface area (Å²) in [5.74, 6) is -0.836. The molecule has 128 valence electrons. The molecule has 1 heterocycles. The van der Waals surface area contributed by atoms with Crippen LogP contribution in [-0.4, -0.2) is 35.4 Å². The van der Waals surface area contributed by atoms with Gasteiger partial charge in [0.1, 0.15) is 12.0 Å². The van der Waals surface area contributed by atoms with Crippen molar-refractivity contribution in [1.82, 2.24) is 10.5 Å². The Morgan fingerprint density at radius 3 is 2.71 bits per heavy atom. The van der Waals surface area contributed by atoms with Crippen molar-refractivity contribution in [2.24, 2.45) is 0 Å². The Balaban J connectivity index is 2.08. The molecule has 2 N–H and O–H groups in total. The number of carbonyl (C=O) groups excluding carboxylic acids is 1. The highest BCUT2D eigenvalue weighted by Gasteiger charge is 2.13. The predicted molar refractivity (Wildman–Crippen MR) is 83.2 cm³/mol. The number of carboxylic acids is 1. The smallest absolute Gasteiger partial charge is 0.341 e. The number of aliphatic carboxylic acids is 1. The number of carboxylic acid groups (broad SMARTS) is 1. The van der Waals surface area contributed by atoms with Crippen LogP contribution in [0.3, 0.4) is 0 Å². The summed E-state index contributed by atoms with van der Waals surface area (Å²) in [5, 5.41) is 15.2. The van der Waals surface area contributed by atoms with E-state index in [0.29, 0.717) is 23.6 Å². The second-order valence-electron chi connectivity index (χ2n) is 4.90. The Labute approximate surface area is 138 Å². The van der Waals surface area contributed by atoms with Crippen molar-refractivity contribution in [1.29, 1.82) is 0 Å². The van der Waals surface area contributed by atoms with Crippen molar-refractivity contribution >= 4 is 11.9 Å². The first kappa shape index (κ1) is 17.3. The monoisotopic (exact) mass is 334 g/mol. The van der Waals surface area contributed by atoms with Gasteiger partial charge in [0.25, 0.3) is 5.91 Å². The molecular formula is C16H18N2O6. The lowest BCUT2D eigenvalue weighted by molar-refractivity contribution is -0.139. The van der Waals surface area contributed by atoms with Crippen molar-refractivity contribution in [3.8, 4) is 11.5 Å². The summed E-state index contributed by atoms with van der Waals surface area (Å²) in [6, 6.07) is 4.54. The molecule has 0 spiro atoms. The van der Waals surface area contributed by atoms with Crippen LogP contribution in [0, 0.1) is 6.92 Å². The third kappa shape index (κ3) is 4.48. The fourth-order valence-corrected chi connectivity index (χ4v) is 1.92. The highest BCUT2D eigenvalue weighted by atomic mass is 16.5. The topological polar surface area (TPSA) is 111 Å². The minimum absolute atomic E-state index is 0.238. The zero-order chi connectivity index (χ0) is 17.5. The molecule has 1 aromatic heterocycles. The summed E-state index contributed by atoms with van der Waals surface area (Å²) >= 11 is 0. The number of nitrogens with one attached hydrogen (secondary N) is 1. The first-order valence-electron chi connectivity index (χ1n) is 7.30. The lowest BCUT2D eigenvalue weighted by atomic mass is 10.2. The number of aromatic nitrogens is 1. The summed E-state index contributed by atoms with van der Waals surface area (Å²) in [6.07, 6.45) is 1.50. The number of amides is 1. The molecule has 1 aromatic carbocycles. The number of carbonyl (C=O) groups is 2. The minimum Gasteiger partial charge on any atom is -0.490 e. The third-order valence-electron chi connectivity index (χ3n) is 3.12. The number of benzene rings is 1. The van der Waals surface area contributed by atoms with Gasteiger partial charge in [-0.1, -0.05) is 5.16 Å². The van der Waals surface area contributed by atoms with Gasteiger partial charge in [-0.25, -0.2) is 4.79 Å². The number of aryl methyl sites for hydroxylation is 1. The second kappa shape index (κ2) is 8.00. The van der Waals surface area contributed by atoms with Gasteiger partial charge >= 0.3 is 5.97 Å². The number of hydrogen-bond acceptors (Lipinski definition) is 6. The molecule has 0 radical (unpaired) electrons. The van der Waals surface area contributed by atoms with Crippen LogP contribution < -0.4 is 14.8 Å². The lowest BCUT2D eigenvalue weighted by Gasteiger charge is -2.12. The maximum Gasteiger partial charge on any atom is 0.341 e. The fourth-order valence-electron chi connectivity index (χ4n) is 1.92. The average Bonchev–Trinajstić information content (AvgIpc) is 2.96. The van der Waals surface area contributed by atoms with Gasteiger partial charge in [-0.05, 0) is 32.0 Å². The van der Waals surface area contributed by atoms with Crippen molar-refractivity contribution in [3.05, 3.63) is 41.3 Å². The van der Waals surface area contributed by atoms with E-state index in [1.807, 2.05) is 6.92 Å². The molecule has 0 aliphatic carbocycles. The highest BCUT2D eigenvalue weighted by molar-refractivity contribution is 5.94. The normalized spacial score (nSPS) is 10.2. The first-order chi connectivity index (χ1) is 11.5. The number of rotatable bonds is 8. The van der Waals surface area contributed by atoms with Crippen LogP contribution in [0.1, 0.15) is 28.5 Å². The molecule has 0 unspecified atom stereocenters. The van der Waals surface area contributed by atoms with Crippen LogP contribution in [0.2, 0.25) is 0 Å². The van der Waals surface area contributed by atoms with Gasteiger partial charge in [0.15, 0.2) is 18.1 Å². The summed E-state index contributed by atoms with van der Waals surface area (Å²) < 4.78 is 15.4. The van der Waals surface area contributed by atoms with Crippen LogP contribution in [0.15, 0.2) is 29.0 Å². The van der Waals surface area contributed by atoms with E-state index >= 15 is 0 Å². The van der Waals surface area contributed by atoms with E-state index in [0.717, 1.165) is 5.56 Å². The molecule has 0 aliphatic rings. The third-order valence-corrected chi connectivity index (χ3v) is 3.12. The van der Waals surface area contributed by atoms with Gasteiger partial charge < -0.3 is 24.4 Å². The van der Waals surface area contributed by atoms with E-state index in [-0.39, 0.29) is 18.2 Å². The molecule has 0 saturated heterocycles. The van der Waals surface area contributed by atoms with E-state index < -0.39 is 12.6 Å². The zero-order valence-corrected chi connectivity index (χ0v) is 13.4. The largest absolute Gasteiger partial charge is 0.490 e. The van der Waals surface area contributed by atoms with E-state index in [1.165, 1.54) is 24.5 Å². The van der Waals surface area contributed by atoms with Gasteiger partial charge in [0, 0.05) is 11.1 Å². The Bertz CT molecular complexity index is 725. The summed E-state index contributed by atoms with van der Waals surface area (Å²) in [5.41, 5.74) is 1.86. The molecule has 1 amide bonds. The van der Waals surface area contributed by atoms with Gasteiger partial charge in [-0.2, -0.15) is 0 Å². The Morgan fingerprint density at radius 1 is 1.29 bits per heavy atom. The van der Waals surface area contributed by atoms with Crippen molar-refractivity contribution in [3.63, 3.8) is 0 Å². The predicted octanol–water partition coefficient (Wildman–Crippen LogP) is 1.78. The van der Waals surface area contributed by atoms with Gasteiger partial charge in [0.05, 0.1) is 13.2 Å². The molecule has 8 nitrogen and oxygen atoms in total. The standard InChI is InChI=1S/C16H18N2O6/c1-3-22-14-6-11(4-5-13(14)23-9-15(19)20)16(21)17-7-12-10(2)8-24-18-12/h4-6,8H,3,7,9H2,1-2H3,(H,17,21)(H,19,20). The minimum atomic E-state index is -1.10. The van der Waals surface area contributed by atoms with Crippen molar-refractivity contribution in [2.45, 2.75) is 20.4 Å². The molecule has 0 atom stereocenters. The van der Waals surface area contributed by atoms with Crippen LogP contribution in [0.4, 0.5) is 0 Å². The van der Waals surface area contributed by atoms with Gasteiger partial charge in [-0.3, -0.25) is 4.79 Å². The van der Waals surface area contributed by atoms with E-state index in [2.05, 4.69) is 10.5 Å². The lowest BCUT2D eigenvalue weighted by Crippen LogP contribution is -2.23. The molecule has 0 fully saturated rings. The molecule has 0 aliphatic heterocycles. The molecule has 0 saturated carbocycles. The number of hydrogen-bond donors (Lipinski definition) is 2. The SMILES string of the molecule is CCOc1cc(C(=O)NCc2nocc2C)ccc1OCC(=O)O. The van der Waals surface area contributed by atoms with E-state index in [4.69, 9.17) is 19.1 Å². The quantitative estimate of drug-likeness (QED) is 0.757. The first-order valence-corrected chi connectivity index (χ1v) is 7.30. The summed E-state index contributed by atoms with van der Waals surface area (Å²) in [6.45, 7) is 3.72. The second-order valence-corrected chi connectivity index (χ2v) is 4.90. The van der Waals surface area contributed by atoms with Gasteiger partial charge in [-0.15, -0.1) is 0 Å². The zero-order valence-electron chi connectivity index (χ0n) is 13.4. The molecule has 0 bridgehead atoms. The van der Waals surface area contributed by atoms with Crippen molar-refractivity contribution in [2.75, 3.05) is 13.2 Å². The summed E-state index contributed by atoms with van der Waals surface area (Å²) in [7, 11) is 0. The average molecular weight is 334 g/mol. The fraction of sp³-hybridized carbons (Fsp3) is 0.312. The highest BCUT2D eigenvalue weighted by Crippen LogP contribution is 2.28. The molecule has 24 heavy (non-hydrogen) atoms. The molecular weight excluding hydrogens is 316 g/mol. The number of nitrogens with zero attached hydrogens (tertiary/aromatic N) is 1.